The molecule has 0 unspecified atom stereocenters. The first kappa shape index (κ1) is 14.1. The highest BCUT2D eigenvalue weighted by Crippen LogP contribution is 1.92. The summed E-state index contributed by atoms with van der Waals surface area (Å²) in [4.78, 5) is 21.9. The summed E-state index contributed by atoms with van der Waals surface area (Å²) in [6.45, 7) is 1.32. The van der Waals surface area contributed by atoms with Crippen molar-refractivity contribution in [3.63, 3.8) is 0 Å². The summed E-state index contributed by atoms with van der Waals surface area (Å²) < 4.78 is 6.21. The summed E-state index contributed by atoms with van der Waals surface area (Å²) in [6.07, 6.45) is 2.40. The van der Waals surface area contributed by atoms with E-state index in [0.717, 1.165) is 0 Å². The number of rotatable bonds is 8. The largest absolute Gasteiger partial charge is 0.476 e. The highest BCUT2D eigenvalue weighted by Gasteiger charge is 2.08. The molecule has 8 nitrogen and oxygen atoms in total. The molecule has 100 valence electrons. The van der Waals surface area contributed by atoms with Crippen LogP contribution in [0.2, 0.25) is 0 Å². The fraction of sp³-hybridized carbons (Fsp3) is 0.600. The molecular formula is C10H16N4O4. The SMILES string of the molecule is COCCCC(=O)NCCn1cc(C(=O)O)nn1. The second kappa shape index (κ2) is 7.38. The van der Waals surface area contributed by atoms with Gasteiger partial charge in [-0.25, -0.2) is 9.48 Å². The Hall–Kier alpha value is -1.96. The van der Waals surface area contributed by atoms with Gasteiger partial charge >= 0.3 is 5.97 Å². The Morgan fingerprint density at radius 3 is 2.94 bits per heavy atom. The van der Waals surface area contributed by atoms with Crippen molar-refractivity contribution < 1.29 is 19.4 Å². The topological polar surface area (TPSA) is 106 Å². The third-order valence-corrected chi connectivity index (χ3v) is 2.17. The molecule has 0 aliphatic carbocycles. The predicted molar refractivity (Wildman–Crippen MR) is 61.1 cm³/mol. The monoisotopic (exact) mass is 256 g/mol. The first-order valence-electron chi connectivity index (χ1n) is 5.52. The Morgan fingerprint density at radius 2 is 2.33 bits per heavy atom. The summed E-state index contributed by atoms with van der Waals surface area (Å²) in [6, 6.07) is 0. The lowest BCUT2D eigenvalue weighted by molar-refractivity contribution is -0.121. The zero-order valence-electron chi connectivity index (χ0n) is 10.1. The number of carboxylic acid groups (broad SMARTS) is 1. The lowest BCUT2D eigenvalue weighted by Crippen LogP contribution is -2.27. The molecule has 0 aromatic carbocycles. The van der Waals surface area contributed by atoms with Crippen LogP contribution in [-0.4, -0.2) is 52.2 Å². The van der Waals surface area contributed by atoms with E-state index in [1.54, 1.807) is 7.11 Å². The average Bonchev–Trinajstić information content (AvgIpc) is 2.78. The highest BCUT2D eigenvalue weighted by atomic mass is 16.5. The molecule has 1 amide bonds. The first-order chi connectivity index (χ1) is 8.63. The number of amides is 1. The van der Waals surface area contributed by atoms with Crippen LogP contribution in [0.5, 0.6) is 0 Å². The molecule has 0 aliphatic heterocycles. The van der Waals surface area contributed by atoms with E-state index in [0.29, 0.717) is 32.5 Å². The molecule has 1 heterocycles. The van der Waals surface area contributed by atoms with Crippen LogP contribution in [0.25, 0.3) is 0 Å². The number of hydrogen-bond donors (Lipinski definition) is 2. The van der Waals surface area contributed by atoms with Crippen LogP contribution in [0, 0.1) is 0 Å². The van der Waals surface area contributed by atoms with Crippen LogP contribution < -0.4 is 5.32 Å². The molecule has 18 heavy (non-hydrogen) atoms. The van der Waals surface area contributed by atoms with Crippen LogP contribution in [0.3, 0.4) is 0 Å². The van der Waals surface area contributed by atoms with Gasteiger partial charge in [-0.3, -0.25) is 4.79 Å². The van der Waals surface area contributed by atoms with Gasteiger partial charge in [0.1, 0.15) is 0 Å². The predicted octanol–water partition coefficient (Wildman–Crippen LogP) is -0.481. The maximum absolute atomic E-state index is 11.3. The molecule has 0 spiro atoms. The fourth-order valence-electron chi connectivity index (χ4n) is 1.28. The normalized spacial score (nSPS) is 10.3. The van der Waals surface area contributed by atoms with Gasteiger partial charge in [-0.2, -0.15) is 0 Å². The van der Waals surface area contributed by atoms with Crippen molar-refractivity contribution in [2.24, 2.45) is 0 Å². The quantitative estimate of drug-likeness (QED) is 0.608. The number of methoxy groups -OCH3 is 1. The number of nitrogens with zero attached hydrogens (tertiary/aromatic N) is 3. The van der Waals surface area contributed by atoms with E-state index in [2.05, 4.69) is 15.6 Å². The average molecular weight is 256 g/mol. The minimum atomic E-state index is -1.12. The number of nitrogens with one attached hydrogen (secondary N) is 1. The van der Waals surface area contributed by atoms with Crippen LogP contribution in [0.15, 0.2) is 6.20 Å². The Balaban J connectivity index is 2.20. The smallest absolute Gasteiger partial charge is 0.358 e. The van der Waals surface area contributed by atoms with Gasteiger partial charge in [-0.05, 0) is 6.42 Å². The highest BCUT2D eigenvalue weighted by molar-refractivity contribution is 5.84. The summed E-state index contributed by atoms with van der Waals surface area (Å²) in [5, 5.41) is 18.4. The maximum atomic E-state index is 11.3. The molecule has 0 radical (unpaired) electrons. The van der Waals surface area contributed by atoms with Gasteiger partial charge in [-0.15, -0.1) is 5.10 Å². The number of hydrogen-bond acceptors (Lipinski definition) is 5. The molecule has 1 rings (SSSR count). The summed E-state index contributed by atoms with van der Waals surface area (Å²) in [5.74, 6) is -1.18. The van der Waals surface area contributed by atoms with Crippen molar-refractivity contribution in [3.05, 3.63) is 11.9 Å². The minimum absolute atomic E-state index is 0.0642. The van der Waals surface area contributed by atoms with Crippen molar-refractivity contribution in [3.8, 4) is 0 Å². The minimum Gasteiger partial charge on any atom is -0.476 e. The Kier molecular flexibility index (Phi) is 5.78. The standard InChI is InChI=1S/C10H16N4O4/c1-18-6-2-3-9(15)11-4-5-14-7-8(10(16)17)12-13-14/h7H,2-6H2,1H3,(H,11,15)(H,16,17). The van der Waals surface area contributed by atoms with E-state index in [1.165, 1.54) is 10.9 Å². The summed E-state index contributed by atoms with van der Waals surface area (Å²) >= 11 is 0. The van der Waals surface area contributed by atoms with Crippen LogP contribution in [0.1, 0.15) is 23.3 Å². The number of carboxylic acids is 1. The lowest BCUT2D eigenvalue weighted by atomic mass is 10.3. The molecule has 8 heteroatoms. The van der Waals surface area contributed by atoms with Gasteiger partial charge < -0.3 is 15.2 Å². The second-order valence-corrected chi connectivity index (χ2v) is 3.62. The van der Waals surface area contributed by atoms with E-state index in [1.807, 2.05) is 0 Å². The molecule has 0 saturated carbocycles. The molecule has 0 fully saturated rings. The number of carbonyl (C=O) groups is 2. The van der Waals surface area contributed by atoms with Crippen molar-refractivity contribution in [1.82, 2.24) is 20.3 Å². The number of aromatic carboxylic acids is 1. The molecule has 0 bridgehead atoms. The van der Waals surface area contributed by atoms with Crippen LogP contribution in [0.4, 0.5) is 0 Å². The molecule has 2 N–H and O–H groups in total. The Morgan fingerprint density at radius 1 is 1.56 bits per heavy atom. The third kappa shape index (κ3) is 4.91. The number of carbonyl (C=O) groups excluding carboxylic acids is 1. The van der Waals surface area contributed by atoms with E-state index in [-0.39, 0.29) is 11.6 Å². The number of aromatic nitrogens is 3. The van der Waals surface area contributed by atoms with Gasteiger partial charge in [0.2, 0.25) is 5.91 Å². The summed E-state index contributed by atoms with van der Waals surface area (Å²) in [5.41, 5.74) is -0.110. The zero-order chi connectivity index (χ0) is 13.4. The van der Waals surface area contributed by atoms with Crippen molar-refractivity contribution >= 4 is 11.9 Å². The molecule has 0 atom stereocenters. The maximum Gasteiger partial charge on any atom is 0.358 e. The van der Waals surface area contributed by atoms with E-state index >= 15 is 0 Å². The molecule has 0 saturated heterocycles. The van der Waals surface area contributed by atoms with Crippen molar-refractivity contribution in [2.45, 2.75) is 19.4 Å². The lowest BCUT2D eigenvalue weighted by Gasteiger charge is -2.04. The Bertz CT molecular complexity index is 404. The zero-order valence-corrected chi connectivity index (χ0v) is 10.1. The third-order valence-electron chi connectivity index (χ3n) is 2.17. The van der Waals surface area contributed by atoms with E-state index in [9.17, 15) is 9.59 Å². The van der Waals surface area contributed by atoms with Crippen LogP contribution >= 0.6 is 0 Å². The summed E-state index contributed by atoms with van der Waals surface area (Å²) in [7, 11) is 1.59. The molecule has 1 aromatic heterocycles. The van der Waals surface area contributed by atoms with Gasteiger partial charge in [0, 0.05) is 26.7 Å². The van der Waals surface area contributed by atoms with Gasteiger partial charge in [0.05, 0.1) is 12.7 Å². The van der Waals surface area contributed by atoms with Gasteiger partial charge in [0.15, 0.2) is 5.69 Å². The van der Waals surface area contributed by atoms with E-state index < -0.39 is 5.97 Å². The van der Waals surface area contributed by atoms with Gasteiger partial charge in [-0.1, -0.05) is 5.21 Å². The fourth-order valence-corrected chi connectivity index (χ4v) is 1.28. The molecule has 0 aliphatic rings. The van der Waals surface area contributed by atoms with Crippen molar-refractivity contribution in [1.29, 1.82) is 0 Å². The van der Waals surface area contributed by atoms with E-state index in [4.69, 9.17) is 9.84 Å². The number of ether oxygens (including phenoxy) is 1. The Labute approximate surface area is 104 Å². The van der Waals surface area contributed by atoms with Crippen molar-refractivity contribution in [2.75, 3.05) is 20.3 Å². The second-order valence-electron chi connectivity index (χ2n) is 3.62. The van der Waals surface area contributed by atoms with Gasteiger partial charge in [0.25, 0.3) is 0 Å². The first-order valence-corrected chi connectivity index (χ1v) is 5.52. The van der Waals surface area contributed by atoms with Crippen LogP contribution in [-0.2, 0) is 16.1 Å². The molecule has 1 aromatic rings. The molecular weight excluding hydrogens is 240 g/mol.